The number of nitrogens with zero attached hydrogens (tertiary/aromatic N) is 4. The Bertz CT molecular complexity index is 491. The SMILES string of the molecule is CC(C(=O)N(C)CC(=O)N(C)C1CCNC1)n1cccn1.Cl.Cl. The number of halogens is 2. The summed E-state index contributed by atoms with van der Waals surface area (Å²) in [7, 11) is 3.45. The van der Waals surface area contributed by atoms with Crippen LogP contribution in [0.15, 0.2) is 18.5 Å². The Hall–Kier alpha value is -1.31. The molecule has 2 unspecified atom stereocenters. The summed E-state index contributed by atoms with van der Waals surface area (Å²) in [5.74, 6) is -0.155. The first-order chi connectivity index (χ1) is 10.0. The second kappa shape index (κ2) is 9.75. The van der Waals surface area contributed by atoms with E-state index in [1.807, 2.05) is 0 Å². The van der Waals surface area contributed by atoms with Crippen LogP contribution >= 0.6 is 24.8 Å². The zero-order valence-corrected chi connectivity index (χ0v) is 15.3. The van der Waals surface area contributed by atoms with Crippen molar-refractivity contribution >= 4 is 36.6 Å². The highest BCUT2D eigenvalue weighted by Gasteiger charge is 2.26. The quantitative estimate of drug-likeness (QED) is 0.827. The van der Waals surface area contributed by atoms with Crippen molar-refractivity contribution in [3.8, 4) is 0 Å². The molecule has 1 aromatic heterocycles. The average molecular weight is 366 g/mol. The molecule has 2 heterocycles. The van der Waals surface area contributed by atoms with Gasteiger partial charge in [-0.05, 0) is 26.0 Å². The molecule has 0 aromatic carbocycles. The number of aromatic nitrogens is 2. The predicted octanol–water partition coefficient (Wildman–Crippen LogP) is 0.566. The van der Waals surface area contributed by atoms with E-state index in [4.69, 9.17) is 0 Å². The average Bonchev–Trinajstić information content (AvgIpc) is 3.16. The molecule has 2 amide bonds. The molecule has 0 aliphatic carbocycles. The van der Waals surface area contributed by atoms with Gasteiger partial charge >= 0.3 is 0 Å². The molecule has 1 fully saturated rings. The Kier molecular flexibility index (Phi) is 9.19. The smallest absolute Gasteiger partial charge is 0.247 e. The summed E-state index contributed by atoms with van der Waals surface area (Å²) in [6.45, 7) is 3.63. The maximum absolute atomic E-state index is 12.3. The van der Waals surface area contributed by atoms with Crippen molar-refractivity contribution in [3.63, 3.8) is 0 Å². The molecule has 0 radical (unpaired) electrons. The molecule has 1 N–H and O–H groups in total. The van der Waals surface area contributed by atoms with Crippen molar-refractivity contribution in [3.05, 3.63) is 18.5 Å². The van der Waals surface area contributed by atoms with Gasteiger partial charge in [0.2, 0.25) is 11.8 Å². The molecule has 1 aliphatic rings. The second-order valence-corrected chi connectivity index (χ2v) is 5.51. The van der Waals surface area contributed by atoms with Gasteiger partial charge in [-0.1, -0.05) is 0 Å². The number of nitrogens with one attached hydrogen (secondary N) is 1. The lowest BCUT2D eigenvalue weighted by Gasteiger charge is -2.27. The van der Waals surface area contributed by atoms with E-state index < -0.39 is 6.04 Å². The number of carbonyl (C=O) groups excluding carboxylic acids is 2. The van der Waals surface area contributed by atoms with Gasteiger partial charge in [0.15, 0.2) is 0 Å². The molecule has 9 heteroatoms. The third-order valence-corrected chi connectivity index (χ3v) is 4.00. The Morgan fingerprint density at radius 2 is 2.09 bits per heavy atom. The van der Waals surface area contributed by atoms with E-state index in [1.54, 1.807) is 49.1 Å². The molecule has 132 valence electrons. The lowest BCUT2D eigenvalue weighted by atomic mass is 10.2. The zero-order valence-electron chi connectivity index (χ0n) is 13.6. The van der Waals surface area contributed by atoms with E-state index in [0.29, 0.717) is 0 Å². The Labute approximate surface area is 149 Å². The molecule has 1 aliphatic heterocycles. The number of carbonyl (C=O) groups is 2. The summed E-state index contributed by atoms with van der Waals surface area (Å²) in [4.78, 5) is 27.7. The van der Waals surface area contributed by atoms with Gasteiger partial charge in [0.05, 0.1) is 6.54 Å². The maximum Gasteiger partial charge on any atom is 0.247 e. The van der Waals surface area contributed by atoms with Crippen molar-refractivity contribution in [2.75, 3.05) is 33.7 Å². The third kappa shape index (κ3) is 5.37. The number of amides is 2. The van der Waals surface area contributed by atoms with Gasteiger partial charge in [-0.15, -0.1) is 24.8 Å². The first-order valence-electron chi connectivity index (χ1n) is 7.21. The fraction of sp³-hybridized carbons (Fsp3) is 0.643. The van der Waals surface area contributed by atoms with Gasteiger partial charge < -0.3 is 15.1 Å². The minimum Gasteiger partial charge on any atom is -0.340 e. The van der Waals surface area contributed by atoms with Crippen molar-refractivity contribution in [2.45, 2.75) is 25.4 Å². The monoisotopic (exact) mass is 365 g/mol. The van der Waals surface area contributed by atoms with Crippen LogP contribution in [0.4, 0.5) is 0 Å². The normalized spacial score (nSPS) is 17.6. The minimum absolute atomic E-state index is 0. The molecule has 0 spiro atoms. The number of likely N-dealkylation sites (N-methyl/N-ethyl adjacent to an activating group) is 2. The van der Waals surface area contributed by atoms with Gasteiger partial charge in [0.1, 0.15) is 6.04 Å². The molecular formula is C14H25Cl2N5O2. The van der Waals surface area contributed by atoms with Crippen LogP contribution in [0.5, 0.6) is 0 Å². The second-order valence-electron chi connectivity index (χ2n) is 5.51. The number of rotatable bonds is 5. The lowest BCUT2D eigenvalue weighted by Crippen LogP contribution is -2.45. The molecule has 7 nitrogen and oxygen atoms in total. The summed E-state index contributed by atoms with van der Waals surface area (Å²) in [5, 5.41) is 7.30. The van der Waals surface area contributed by atoms with Gasteiger partial charge in [-0.3, -0.25) is 14.3 Å². The molecule has 1 saturated heterocycles. The van der Waals surface area contributed by atoms with Gasteiger partial charge in [-0.2, -0.15) is 5.10 Å². The minimum atomic E-state index is -0.406. The Morgan fingerprint density at radius 3 is 2.61 bits per heavy atom. The molecule has 23 heavy (non-hydrogen) atoms. The summed E-state index contributed by atoms with van der Waals surface area (Å²) in [6, 6.07) is 1.59. The molecule has 0 bridgehead atoms. The summed E-state index contributed by atoms with van der Waals surface area (Å²) in [6.07, 6.45) is 4.34. The highest BCUT2D eigenvalue weighted by molar-refractivity contribution is 5.86. The van der Waals surface area contributed by atoms with Crippen molar-refractivity contribution in [2.24, 2.45) is 0 Å². The van der Waals surface area contributed by atoms with Crippen molar-refractivity contribution in [1.29, 1.82) is 0 Å². The highest BCUT2D eigenvalue weighted by Crippen LogP contribution is 2.10. The van der Waals surface area contributed by atoms with E-state index in [0.717, 1.165) is 19.5 Å². The Balaban J connectivity index is 0.00000242. The van der Waals surface area contributed by atoms with E-state index in [9.17, 15) is 9.59 Å². The van der Waals surface area contributed by atoms with Gasteiger partial charge in [-0.25, -0.2) is 0 Å². The summed E-state index contributed by atoms with van der Waals surface area (Å²) < 4.78 is 1.59. The summed E-state index contributed by atoms with van der Waals surface area (Å²) >= 11 is 0. The molecule has 2 rings (SSSR count). The van der Waals surface area contributed by atoms with E-state index in [1.165, 1.54) is 4.90 Å². The molecule has 0 saturated carbocycles. The van der Waals surface area contributed by atoms with Gasteiger partial charge in [0, 0.05) is 39.1 Å². The highest BCUT2D eigenvalue weighted by atomic mass is 35.5. The fourth-order valence-corrected chi connectivity index (χ4v) is 2.51. The molecule has 1 aromatic rings. The van der Waals surface area contributed by atoms with E-state index in [-0.39, 0.29) is 49.2 Å². The largest absolute Gasteiger partial charge is 0.340 e. The first kappa shape index (κ1) is 21.7. The zero-order chi connectivity index (χ0) is 15.4. The van der Waals surface area contributed by atoms with Crippen LogP contribution in [0.25, 0.3) is 0 Å². The fourth-order valence-electron chi connectivity index (χ4n) is 2.51. The van der Waals surface area contributed by atoms with Crippen molar-refractivity contribution in [1.82, 2.24) is 24.9 Å². The number of hydrogen-bond donors (Lipinski definition) is 1. The standard InChI is InChI=1S/C14H23N5O2.2ClH/c1-11(19-8-4-6-16-19)14(21)17(2)10-13(20)18(3)12-5-7-15-9-12;;/h4,6,8,11-12,15H,5,7,9-10H2,1-3H3;2*1H. The molecular weight excluding hydrogens is 341 g/mol. The van der Waals surface area contributed by atoms with Crippen LogP contribution in [0.3, 0.4) is 0 Å². The van der Waals surface area contributed by atoms with Crippen LogP contribution < -0.4 is 5.32 Å². The van der Waals surface area contributed by atoms with Crippen LogP contribution in [-0.4, -0.2) is 71.2 Å². The topological polar surface area (TPSA) is 70.5 Å². The van der Waals surface area contributed by atoms with Crippen molar-refractivity contribution < 1.29 is 9.59 Å². The maximum atomic E-state index is 12.3. The van der Waals surface area contributed by atoms with Crippen LogP contribution in [-0.2, 0) is 9.59 Å². The first-order valence-corrected chi connectivity index (χ1v) is 7.21. The van der Waals surface area contributed by atoms with Crippen LogP contribution in [0.1, 0.15) is 19.4 Å². The lowest BCUT2D eigenvalue weighted by molar-refractivity contribution is -0.141. The van der Waals surface area contributed by atoms with E-state index >= 15 is 0 Å². The van der Waals surface area contributed by atoms with E-state index in [2.05, 4.69) is 10.4 Å². The molecule has 2 atom stereocenters. The van der Waals surface area contributed by atoms with Crippen LogP contribution in [0.2, 0.25) is 0 Å². The third-order valence-electron chi connectivity index (χ3n) is 4.00. The van der Waals surface area contributed by atoms with Gasteiger partial charge in [0.25, 0.3) is 0 Å². The Morgan fingerprint density at radius 1 is 1.39 bits per heavy atom. The predicted molar refractivity (Wildman–Crippen MR) is 93.1 cm³/mol. The summed E-state index contributed by atoms with van der Waals surface area (Å²) in [5.41, 5.74) is 0. The number of hydrogen-bond acceptors (Lipinski definition) is 4. The van der Waals surface area contributed by atoms with Crippen LogP contribution in [0, 0.1) is 0 Å².